The summed E-state index contributed by atoms with van der Waals surface area (Å²) in [6.45, 7) is 0. The Hall–Kier alpha value is -2.28. The zero-order chi connectivity index (χ0) is 17.6. The molecule has 6 nitrogen and oxygen atoms in total. The molecule has 0 amide bonds. The molecule has 1 aromatic heterocycles. The van der Waals surface area contributed by atoms with Gasteiger partial charge in [-0.15, -0.1) is 0 Å². The van der Waals surface area contributed by atoms with Crippen molar-refractivity contribution in [2.45, 2.75) is 48.0 Å². The quantitative estimate of drug-likeness (QED) is 0.584. The van der Waals surface area contributed by atoms with Crippen LogP contribution in [0, 0.1) is 10.1 Å². The van der Waals surface area contributed by atoms with Crippen molar-refractivity contribution in [3.63, 3.8) is 0 Å². The molecule has 1 saturated carbocycles. The highest BCUT2D eigenvalue weighted by atomic mass is 32.2. The first-order chi connectivity index (χ1) is 12.2. The van der Waals surface area contributed by atoms with E-state index in [2.05, 4.69) is 10.3 Å². The summed E-state index contributed by atoms with van der Waals surface area (Å²) < 4.78 is 6.18. The zero-order valence-corrected chi connectivity index (χ0v) is 14.9. The van der Waals surface area contributed by atoms with Crippen LogP contribution in [-0.2, 0) is 0 Å². The van der Waals surface area contributed by atoms with Gasteiger partial charge in [-0.1, -0.05) is 18.2 Å². The van der Waals surface area contributed by atoms with Crippen molar-refractivity contribution in [1.29, 1.82) is 0 Å². The molecule has 1 aromatic carbocycles. The van der Waals surface area contributed by atoms with Gasteiger partial charge in [0.25, 0.3) is 5.69 Å². The van der Waals surface area contributed by atoms with Crippen molar-refractivity contribution in [2.24, 2.45) is 0 Å². The molecule has 0 aliphatic heterocycles. The Morgan fingerprint density at radius 1 is 1.24 bits per heavy atom. The molecule has 0 atom stereocenters. The second-order valence-electron chi connectivity index (χ2n) is 5.99. The van der Waals surface area contributed by atoms with Crippen LogP contribution in [0.3, 0.4) is 0 Å². The maximum Gasteiger partial charge on any atom is 0.296 e. The summed E-state index contributed by atoms with van der Waals surface area (Å²) in [5.41, 5.74) is 0.518. The van der Waals surface area contributed by atoms with Crippen LogP contribution < -0.4 is 10.1 Å². The SMILES string of the molecule is CNc1cc(Sc2ccncc2)c(OC2CCCCC2)cc1[N+](=O)[O-]. The number of benzene rings is 1. The highest BCUT2D eigenvalue weighted by Crippen LogP contribution is 2.42. The molecule has 1 heterocycles. The summed E-state index contributed by atoms with van der Waals surface area (Å²) in [6, 6.07) is 7.16. The van der Waals surface area contributed by atoms with Gasteiger partial charge in [-0.2, -0.15) is 0 Å². The molecule has 1 N–H and O–H groups in total. The Morgan fingerprint density at radius 3 is 2.60 bits per heavy atom. The van der Waals surface area contributed by atoms with Gasteiger partial charge in [0.2, 0.25) is 0 Å². The predicted octanol–water partition coefficient (Wildman–Crippen LogP) is 4.89. The molecule has 0 radical (unpaired) electrons. The molecule has 1 aliphatic rings. The molecule has 25 heavy (non-hydrogen) atoms. The average Bonchev–Trinajstić information content (AvgIpc) is 2.64. The highest BCUT2D eigenvalue weighted by molar-refractivity contribution is 7.99. The van der Waals surface area contributed by atoms with Gasteiger partial charge in [-0.25, -0.2) is 0 Å². The van der Waals surface area contributed by atoms with E-state index in [-0.39, 0.29) is 16.7 Å². The molecule has 0 bridgehead atoms. The molecular formula is C18H21N3O3S. The van der Waals surface area contributed by atoms with Gasteiger partial charge < -0.3 is 10.1 Å². The number of anilines is 1. The van der Waals surface area contributed by atoms with Gasteiger partial charge in [-0.3, -0.25) is 15.1 Å². The van der Waals surface area contributed by atoms with Crippen LogP contribution in [-0.4, -0.2) is 23.1 Å². The van der Waals surface area contributed by atoms with E-state index >= 15 is 0 Å². The van der Waals surface area contributed by atoms with E-state index in [1.165, 1.54) is 18.2 Å². The van der Waals surface area contributed by atoms with E-state index < -0.39 is 0 Å². The molecule has 7 heteroatoms. The van der Waals surface area contributed by atoms with Crippen molar-refractivity contribution in [3.8, 4) is 5.75 Å². The second kappa shape index (κ2) is 8.20. The normalized spacial score (nSPS) is 14.9. The van der Waals surface area contributed by atoms with Gasteiger partial charge in [0.05, 0.1) is 22.0 Å². The highest BCUT2D eigenvalue weighted by Gasteiger charge is 2.22. The van der Waals surface area contributed by atoms with E-state index in [1.54, 1.807) is 31.6 Å². The lowest BCUT2D eigenvalue weighted by Crippen LogP contribution is -2.20. The van der Waals surface area contributed by atoms with E-state index in [0.717, 1.165) is 35.5 Å². The Kier molecular flexibility index (Phi) is 5.75. The smallest absolute Gasteiger partial charge is 0.296 e. The van der Waals surface area contributed by atoms with Gasteiger partial charge in [0.1, 0.15) is 11.4 Å². The van der Waals surface area contributed by atoms with Crippen molar-refractivity contribution < 1.29 is 9.66 Å². The van der Waals surface area contributed by atoms with Gasteiger partial charge in [0.15, 0.2) is 0 Å². The maximum absolute atomic E-state index is 11.4. The third-order valence-electron chi connectivity index (χ3n) is 4.25. The standard InChI is InChI=1S/C18H21N3O3S/c1-19-15-11-18(25-14-7-9-20-10-8-14)17(12-16(15)21(22)23)24-13-5-3-2-4-6-13/h7-13,19H,2-6H2,1H3. The van der Waals surface area contributed by atoms with Gasteiger partial charge in [-0.05, 0) is 43.9 Å². The van der Waals surface area contributed by atoms with E-state index in [0.29, 0.717) is 11.4 Å². The van der Waals surface area contributed by atoms with E-state index in [4.69, 9.17) is 4.74 Å². The monoisotopic (exact) mass is 359 g/mol. The lowest BCUT2D eigenvalue weighted by molar-refractivity contribution is -0.384. The molecule has 2 aromatic rings. The number of rotatable bonds is 6. The third-order valence-corrected chi connectivity index (χ3v) is 5.30. The number of hydrogen-bond donors (Lipinski definition) is 1. The summed E-state index contributed by atoms with van der Waals surface area (Å²) in [7, 11) is 1.69. The van der Waals surface area contributed by atoms with Crippen molar-refractivity contribution >= 4 is 23.1 Å². The summed E-state index contributed by atoms with van der Waals surface area (Å²) in [6.07, 6.45) is 9.12. The number of ether oxygens (including phenoxy) is 1. The number of pyridine rings is 1. The predicted molar refractivity (Wildman–Crippen MR) is 98.5 cm³/mol. The summed E-state index contributed by atoms with van der Waals surface area (Å²) >= 11 is 1.53. The minimum absolute atomic E-state index is 0.0346. The topological polar surface area (TPSA) is 77.3 Å². The van der Waals surface area contributed by atoms with Gasteiger partial charge in [0, 0.05) is 24.3 Å². The second-order valence-corrected chi connectivity index (χ2v) is 7.10. The lowest BCUT2D eigenvalue weighted by Gasteiger charge is -2.24. The van der Waals surface area contributed by atoms with Crippen LogP contribution in [0.2, 0.25) is 0 Å². The average molecular weight is 359 g/mol. The summed E-state index contributed by atoms with van der Waals surface area (Å²) in [5, 5.41) is 14.3. The number of hydrogen-bond acceptors (Lipinski definition) is 6. The number of aromatic nitrogens is 1. The van der Waals surface area contributed by atoms with Crippen LogP contribution in [0.5, 0.6) is 5.75 Å². The first-order valence-corrected chi connectivity index (χ1v) is 9.23. The molecule has 132 valence electrons. The van der Waals surface area contributed by atoms with Crippen LogP contribution in [0.4, 0.5) is 11.4 Å². The van der Waals surface area contributed by atoms with E-state index in [1.807, 2.05) is 12.1 Å². The lowest BCUT2D eigenvalue weighted by atomic mass is 9.98. The molecule has 1 fully saturated rings. The van der Waals surface area contributed by atoms with Crippen molar-refractivity contribution in [2.75, 3.05) is 12.4 Å². The number of nitrogens with zero attached hydrogens (tertiary/aromatic N) is 2. The fraction of sp³-hybridized carbons (Fsp3) is 0.389. The van der Waals surface area contributed by atoms with Crippen molar-refractivity contribution in [1.82, 2.24) is 4.98 Å². The fourth-order valence-corrected chi connectivity index (χ4v) is 3.86. The summed E-state index contributed by atoms with van der Waals surface area (Å²) in [4.78, 5) is 16.9. The number of nitrogens with one attached hydrogen (secondary N) is 1. The van der Waals surface area contributed by atoms with Crippen LogP contribution in [0.15, 0.2) is 46.5 Å². The molecular weight excluding hydrogens is 338 g/mol. The van der Waals surface area contributed by atoms with E-state index in [9.17, 15) is 10.1 Å². The Balaban J connectivity index is 1.95. The number of nitro groups is 1. The molecule has 1 aliphatic carbocycles. The Morgan fingerprint density at radius 2 is 1.96 bits per heavy atom. The largest absolute Gasteiger partial charge is 0.489 e. The maximum atomic E-state index is 11.4. The van der Waals surface area contributed by atoms with Crippen molar-refractivity contribution in [3.05, 3.63) is 46.8 Å². The molecule has 0 spiro atoms. The minimum atomic E-state index is -0.375. The first-order valence-electron chi connectivity index (χ1n) is 8.42. The molecule has 0 saturated heterocycles. The van der Waals surface area contributed by atoms with Crippen LogP contribution in [0.1, 0.15) is 32.1 Å². The number of nitro benzene ring substituents is 1. The molecule has 0 unspecified atom stereocenters. The minimum Gasteiger partial charge on any atom is -0.489 e. The fourth-order valence-electron chi connectivity index (χ4n) is 2.97. The molecule has 3 rings (SSSR count). The first kappa shape index (κ1) is 17.5. The van der Waals surface area contributed by atoms with Gasteiger partial charge >= 0.3 is 0 Å². The zero-order valence-electron chi connectivity index (χ0n) is 14.1. The van der Waals surface area contributed by atoms with Crippen LogP contribution in [0.25, 0.3) is 0 Å². The van der Waals surface area contributed by atoms with Crippen LogP contribution >= 0.6 is 11.8 Å². The Bertz CT molecular complexity index is 734. The Labute approximate surface area is 151 Å². The summed E-state index contributed by atoms with van der Waals surface area (Å²) in [5.74, 6) is 0.583. The third kappa shape index (κ3) is 4.42.